The third kappa shape index (κ3) is 3.16. The molecule has 1 aromatic heterocycles. The number of aromatic amines is 1. The lowest BCUT2D eigenvalue weighted by Gasteiger charge is -2.11. The molecule has 0 spiro atoms. The van der Waals surface area contributed by atoms with Gasteiger partial charge in [0, 0.05) is 20.6 Å². The fraction of sp³-hybridized carbons (Fsp3) is 0.0625. The van der Waals surface area contributed by atoms with Crippen LogP contribution in [0.1, 0.15) is 22.2 Å². The number of H-pyrrole nitrogens is 1. The number of carbonyl (C=O) groups is 1. The zero-order chi connectivity index (χ0) is 17.4. The summed E-state index contributed by atoms with van der Waals surface area (Å²) in [5.74, 6) is -0.864. The van der Waals surface area contributed by atoms with Gasteiger partial charge in [0.25, 0.3) is 5.56 Å². The van der Waals surface area contributed by atoms with Gasteiger partial charge in [-0.1, -0.05) is 40.9 Å². The molecule has 0 aliphatic carbocycles. The lowest BCUT2D eigenvalue weighted by atomic mass is 10.0. The van der Waals surface area contributed by atoms with Crippen LogP contribution in [0.3, 0.4) is 0 Å². The Morgan fingerprint density at radius 2 is 1.75 bits per heavy atom. The molecular formula is C16H9Cl3N2O3. The van der Waals surface area contributed by atoms with Crippen LogP contribution < -0.4 is 5.56 Å². The number of hydrogen-bond donors (Lipinski definition) is 2. The lowest BCUT2D eigenvalue weighted by molar-refractivity contribution is 0.0740. The second-order valence-electron chi connectivity index (χ2n) is 5.01. The Labute approximate surface area is 150 Å². The Kier molecular flexibility index (Phi) is 4.60. The topological polar surface area (TPSA) is 83.0 Å². The van der Waals surface area contributed by atoms with E-state index in [9.17, 15) is 14.7 Å². The highest BCUT2D eigenvalue weighted by molar-refractivity contribution is 6.35. The first-order chi connectivity index (χ1) is 11.4. The van der Waals surface area contributed by atoms with Gasteiger partial charge in [-0.3, -0.25) is 9.59 Å². The van der Waals surface area contributed by atoms with E-state index in [1.54, 1.807) is 12.1 Å². The first-order valence-electron chi connectivity index (χ1n) is 6.73. The molecule has 8 heteroatoms. The summed E-state index contributed by atoms with van der Waals surface area (Å²) in [4.78, 5) is 31.1. The van der Waals surface area contributed by atoms with Crippen LogP contribution in [0.15, 0.2) is 41.2 Å². The summed E-state index contributed by atoms with van der Waals surface area (Å²) in [5.41, 5.74) is -0.231. The molecule has 0 fully saturated rings. The molecule has 1 atom stereocenters. The summed E-state index contributed by atoms with van der Waals surface area (Å²) in [5, 5.41) is 11.2. The Morgan fingerprint density at radius 1 is 1.08 bits per heavy atom. The molecule has 3 aromatic rings. The highest BCUT2D eigenvalue weighted by atomic mass is 35.5. The number of nitrogens with one attached hydrogen (secondary N) is 1. The fourth-order valence-corrected chi connectivity index (χ4v) is 2.90. The molecule has 0 aliphatic rings. The Morgan fingerprint density at radius 3 is 2.46 bits per heavy atom. The summed E-state index contributed by atoms with van der Waals surface area (Å²) in [6.07, 6.45) is -1.63. The number of aromatic nitrogens is 2. The molecule has 0 amide bonds. The number of aliphatic hydroxyl groups excluding tert-OH is 1. The van der Waals surface area contributed by atoms with Crippen molar-refractivity contribution in [3.05, 3.63) is 73.1 Å². The van der Waals surface area contributed by atoms with Gasteiger partial charge in [-0.15, -0.1) is 0 Å². The van der Waals surface area contributed by atoms with Gasteiger partial charge in [0.05, 0.1) is 11.0 Å². The number of hydrogen-bond acceptors (Lipinski definition) is 4. The zero-order valence-electron chi connectivity index (χ0n) is 11.9. The summed E-state index contributed by atoms with van der Waals surface area (Å²) < 4.78 is 0. The van der Waals surface area contributed by atoms with Gasteiger partial charge in [-0.2, -0.15) is 0 Å². The van der Waals surface area contributed by atoms with Crippen LogP contribution >= 0.6 is 34.8 Å². The van der Waals surface area contributed by atoms with Gasteiger partial charge in [0.2, 0.25) is 5.78 Å². The maximum atomic E-state index is 12.5. The molecule has 24 heavy (non-hydrogen) atoms. The van der Waals surface area contributed by atoms with Crippen molar-refractivity contribution in [2.24, 2.45) is 0 Å². The number of halogens is 3. The number of fused-ring (bicyclic) bond motifs is 1. The largest absolute Gasteiger partial charge is 0.380 e. The molecule has 0 saturated carbocycles. The average molecular weight is 384 g/mol. The molecule has 2 N–H and O–H groups in total. The van der Waals surface area contributed by atoms with E-state index in [1.807, 2.05) is 0 Å². The average Bonchev–Trinajstić information content (AvgIpc) is 2.53. The number of benzene rings is 2. The minimum Gasteiger partial charge on any atom is -0.380 e. The number of nitrogens with zero attached hydrogens (tertiary/aromatic N) is 1. The smallest absolute Gasteiger partial charge is 0.278 e. The van der Waals surface area contributed by atoms with Crippen molar-refractivity contribution < 1.29 is 9.90 Å². The van der Waals surface area contributed by atoms with E-state index in [2.05, 4.69) is 9.97 Å². The van der Waals surface area contributed by atoms with Crippen LogP contribution in [0.25, 0.3) is 11.0 Å². The minimum absolute atomic E-state index is 0.118. The van der Waals surface area contributed by atoms with Crippen molar-refractivity contribution in [1.82, 2.24) is 9.97 Å². The molecule has 122 valence electrons. The summed E-state index contributed by atoms with van der Waals surface area (Å²) in [6, 6.07) is 8.96. The predicted octanol–water partition coefficient (Wildman–Crippen LogP) is 3.80. The van der Waals surface area contributed by atoms with Crippen molar-refractivity contribution in [3.8, 4) is 0 Å². The molecule has 0 unspecified atom stereocenters. The van der Waals surface area contributed by atoms with Gasteiger partial charge in [-0.25, -0.2) is 4.98 Å². The van der Waals surface area contributed by atoms with Crippen LogP contribution in [-0.2, 0) is 0 Å². The van der Waals surface area contributed by atoms with Gasteiger partial charge in [-0.05, 0) is 30.3 Å². The molecule has 2 aromatic carbocycles. The van der Waals surface area contributed by atoms with Crippen LogP contribution in [-0.4, -0.2) is 20.9 Å². The van der Waals surface area contributed by atoms with Gasteiger partial charge in [0.1, 0.15) is 6.10 Å². The maximum Gasteiger partial charge on any atom is 0.278 e. The van der Waals surface area contributed by atoms with Crippen molar-refractivity contribution in [3.63, 3.8) is 0 Å². The first-order valence-corrected chi connectivity index (χ1v) is 7.87. The van der Waals surface area contributed by atoms with E-state index in [1.165, 1.54) is 24.3 Å². The molecule has 0 bridgehead atoms. The first kappa shape index (κ1) is 16.9. The Bertz CT molecular complexity index is 1020. The van der Waals surface area contributed by atoms with Gasteiger partial charge < -0.3 is 10.1 Å². The fourth-order valence-electron chi connectivity index (χ4n) is 2.22. The highest BCUT2D eigenvalue weighted by Gasteiger charge is 2.25. The number of rotatable bonds is 3. The van der Waals surface area contributed by atoms with Crippen molar-refractivity contribution in [1.29, 1.82) is 0 Å². The third-order valence-corrected chi connectivity index (χ3v) is 4.19. The van der Waals surface area contributed by atoms with E-state index in [-0.39, 0.29) is 10.6 Å². The summed E-state index contributed by atoms with van der Waals surface area (Å²) in [7, 11) is 0. The van der Waals surface area contributed by atoms with Crippen LogP contribution in [0.5, 0.6) is 0 Å². The lowest BCUT2D eigenvalue weighted by Crippen LogP contribution is -2.24. The number of carbonyl (C=O) groups excluding carboxylic acids is 1. The summed E-state index contributed by atoms with van der Waals surface area (Å²) >= 11 is 17.6. The quantitative estimate of drug-likeness (QED) is 0.674. The van der Waals surface area contributed by atoms with Crippen LogP contribution in [0.2, 0.25) is 15.1 Å². The predicted molar refractivity (Wildman–Crippen MR) is 93.1 cm³/mol. The number of aliphatic hydroxyl groups is 1. The SMILES string of the molecule is O=C(c1nc2ccc(Cl)cc2[nH]c1=O)[C@@H](O)c1ccc(Cl)cc1Cl. The standard InChI is InChI=1S/C16H9Cl3N2O3/c17-7-1-3-9(10(19)5-7)14(22)15(23)13-16(24)21-12-6-8(18)2-4-11(12)20-13/h1-6,14,22H,(H,21,24)/t14-/m0/s1. The molecular weight excluding hydrogens is 375 g/mol. The monoisotopic (exact) mass is 382 g/mol. The van der Waals surface area contributed by atoms with E-state index in [4.69, 9.17) is 34.8 Å². The normalized spacial score (nSPS) is 12.3. The van der Waals surface area contributed by atoms with Crippen LogP contribution in [0, 0.1) is 0 Å². The summed E-state index contributed by atoms with van der Waals surface area (Å²) in [6.45, 7) is 0. The van der Waals surface area contributed by atoms with Crippen molar-refractivity contribution >= 4 is 51.6 Å². The Balaban J connectivity index is 2.06. The third-order valence-electron chi connectivity index (χ3n) is 3.39. The van der Waals surface area contributed by atoms with Crippen molar-refractivity contribution in [2.45, 2.75) is 6.10 Å². The van der Waals surface area contributed by atoms with E-state index in [0.29, 0.717) is 21.1 Å². The van der Waals surface area contributed by atoms with Crippen molar-refractivity contribution in [2.75, 3.05) is 0 Å². The zero-order valence-corrected chi connectivity index (χ0v) is 14.2. The molecule has 0 aliphatic heterocycles. The number of ketones is 1. The molecule has 3 rings (SSSR count). The highest BCUT2D eigenvalue weighted by Crippen LogP contribution is 2.28. The van der Waals surface area contributed by atoms with E-state index >= 15 is 0 Å². The maximum absolute atomic E-state index is 12.5. The molecule has 5 nitrogen and oxygen atoms in total. The molecule has 1 heterocycles. The second kappa shape index (κ2) is 6.53. The second-order valence-corrected chi connectivity index (χ2v) is 6.29. The number of Topliss-reactive ketones (excluding diaryl/α,β-unsaturated/α-hetero) is 1. The van der Waals surface area contributed by atoms with Gasteiger partial charge in [0.15, 0.2) is 5.69 Å². The van der Waals surface area contributed by atoms with Gasteiger partial charge >= 0.3 is 0 Å². The molecule has 0 radical (unpaired) electrons. The van der Waals surface area contributed by atoms with E-state index < -0.39 is 23.1 Å². The molecule has 0 saturated heterocycles. The van der Waals surface area contributed by atoms with Crippen LogP contribution in [0.4, 0.5) is 0 Å². The minimum atomic E-state index is -1.63. The van der Waals surface area contributed by atoms with E-state index in [0.717, 1.165) is 0 Å². The Hall–Kier alpha value is -1.92.